The highest BCUT2D eigenvalue weighted by Gasteiger charge is 2.27. The molecule has 0 amide bonds. The van der Waals surface area contributed by atoms with Crippen LogP contribution in [0.15, 0.2) is 40.9 Å². The highest BCUT2D eigenvalue weighted by molar-refractivity contribution is 8.24. The first kappa shape index (κ1) is 22.4. The largest absolute Gasteiger partial charge is 0.507 e. The molecule has 8 nitrogen and oxygen atoms in total. The van der Waals surface area contributed by atoms with Crippen molar-refractivity contribution in [3.63, 3.8) is 0 Å². The zero-order chi connectivity index (χ0) is 23.2. The Hall–Kier alpha value is -2.43. The molecule has 0 aliphatic carbocycles. The van der Waals surface area contributed by atoms with Gasteiger partial charge in [0.15, 0.2) is 5.76 Å². The molecule has 0 saturated carbocycles. The second kappa shape index (κ2) is 8.73. The van der Waals surface area contributed by atoms with Gasteiger partial charge in [0.05, 0.1) is 27.8 Å². The minimum Gasteiger partial charge on any atom is -0.507 e. The molecule has 33 heavy (non-hydrogen) atoms. The Morgan fingerprint density at radius 3 is 2.45 bits per heavy atom. The summed E-state index contributed by atoms with van der Waals surface area (Å²) >= 11 is 6.04. The molecule has 5 rings (SSSR count). The maximum Gasteiger partial charge on any atom is 0.175 e. The summed E-state index contributed by atoms with van der Waals surface area (Å²) in [7, 11) is -2.40. The monoisotopic (exact) mass is 491 g/mol. The lowest BCUT2D eigenvalue weighted by Gasteiger charge is -2.41. The fraction of sp³-hybridized carbons (Fsp3) is 0.348. The van der Waals surface area contributed by atoms with Crippen LogP contribution < -0.4 is 4.90 Å². The Kier molecular flexibility index (Phi) is 5.92. The number of halogens is 1. The van der Waals surface area contributed by atoms with Crippen LogP contribution in [0, 0.1) is 0 Å². The standard InChI is InChI=1S/C23H26ClN3O5S/c24-19-11-17(21(28)12-22(19)29)23-18-14-26(6-5-20(18)25-32-23)13-15-1-3-16(4-2-15)27-7-9-33(30,31)10-8-27/h1-4,11-12,28-31H,5-10,13-14H2. The molecule has 1 saturated heterocycles. The number of aromatic nitrogens is 1. The lowest BCUT2D eigenvalue weighted by molar-refractivity contribution is 0.245. The van der Waals surface area contributed by atoms with Gasteiger partial charge in [-0.05, 0) is 23.8 Å². The number of hydrogen-bond donors (Lipinski definition) is 4. The molecule has 3 heterocycles. The first-order valence-corrected chi connectivity index (χ1v) is 13.0. The number of hydrogen-bond acceptors (Lipinski definition) is 8. The number of benzene rings is 2. The fourth-order valence-electron chi connectivity index (χ4n) is 4.40. The van der Waals surface area contributed by atoms with E-state index in [4.69, 9.17) is 16.1 Å². The van der Waals surface area contributed by atoms with Crippen molar-refractivity contribution in [2.24, 2.45) is 0 Å². The van der Waals surface area contributed by atoms with E-state index in [0.717, 1.165) is 36.5 Å². The molecule has 0 bridgehead atoms. The lowest BCUT2D eigenvalue weighted by atomic mass is 10.0. The van der Waals surface area contributed by atoms with Crippen LogP contribution in [0.25, 0.3) is 11.3 Å². The third-order valence-electron chi connectivity index (χ3n) is 6.31. The van der Waals surface area contributed by atoms with E-state index in [1.165, 1.54) is 17.7 Å². The molecule has 2 aliphatic rings. The quantitative estimate of drug-likeness (QED) is 0.421. The minimum absolute atomic E-state index is 0.109. The normalized spacial score (nSPS) is 19.3. The molecule has 3 aromatic rings. The smallest absolute Gasteiger partial charge is 0.175 e. The van der Waals surface area contributed by atoms with Crippen molar-refractivity contribution in [1.29, 1.82) is 0 Å². The molecule has 0 unspecified atom stereocenters. The second-order valence-electron chi connectivity index (χ2n) is 8.58. The Balaban J connectivity index is 1.29. The average molecular weight is 492 g/mol. The molecular weight excluding hydrogens is 466 g/mol. The summed E-state index contributed by atoms with van der Waals surface area (Å²) in [5.41, 5.74) is 4.47. The second-order valence-corrected chi connectivity index (χ2v) is 11.4. The van der Waals surface area contributed by atoms with Crippen molar-refractivity contribution in [2.75, 3.05) is 36.0 Å². The molecule has 0 spiro atoms. The highest BCUT2D eigenvalue weighted by Crippen LogP contribution is 2.42. The van der Waals surface area contributed by atoms with E-state index in [9.17, 15) is 19.3 Å². The minimum atomic E-state index is -2.40. The molecule has 1 fully saturated rings. The SMILES string of the molecule is Oc1cc(O)c(-c2onc3c2CN(Cc2ccc(N4CCS(O)(O)CC4)cc2)CC3)cc1Cl. The number of rotatable bonds is 4. The first-order chi connectivity index (χ1) is 15.8. The van der Waals surface area contributed by atoms with Crippen molar-refractivity contribution in [1.82, 2.24) is 10.1 Å². The number of phenols is 2. The van der Waals surface area contributed by atoms with E-state index in [-0.39, 0.29) is 16.5 Å². The average Bonchev–Trinajstić information content (AvgIpc) is 3.20. The van der Waals surface area contributed by atoms with Crippen molar-refractivity contribution >= 4 is 27.9 Å². The van der Waals surface area contributed by atoms with E-state index in [0.29, 0.717) is 42.5 Å². The predicted molar refractivity (Wildman–Crippen MR) is 129 cm³/mol. The van der Waals surface area contributed by atoms with Crippen molar-refractivity contribution in [2.45, 2.75) is 19.5 Å². The van der Waals surface area contributed by atoms with Crippen molar-refractivity contribution < 1.29 is 23.8 Å². The number of fused-ring (bicyclic) bond motifs is 1. The third-order valence-corrected chi connectivity index (χ3v) is 8.29. The van der Waals surface area contributed by atoms with Crippen LogP contribution in [0.2, 0.25) is 5.02 Å². The summed E-state index contributed by atoms with van der Waals surface area (Å²) in [6, 6.07) is 11.1. The molecule has 1 aromatic heterocycles. The van der Waals surface area contributed by atoms with Gasteiger partial charge >= 0.3 is 0 Å². The predicted octanol–water partition coefficient (Wildman–Crippen LogP) is 4.54. The van der Waals surface area contributed by atoms with Gasteiger partial charge < -0.3 is 19.6 Å². The van der Waals surface area contributed by atoms with Gasteiger partial charge in [-0.15, -0.1) is 0 Å². The van der Waals surface area contributed by atoms with Gasteiger partial charge in [-0.1, -0.05) is 28.9 Å². The highest BCUT2D eigenvalue weighted by atomic mass is 35.5. The Morgan fingerprint density at radius 2 is 1.73 bits per heavy atom. The molecule has 176 valence electrons. The van der Waals surface area contributed by atoms with Gasteiger partial charge in [0.25, 0.3) is 0 Å². The molecule has 2 aromatic carbocycles. The van der Waals surface area contributed by atoms with Gasteiger partial charge in [-0.2, -0.15) is 10.6 Å². The Labute approximate surface area is 198 Å². The van der Waals surface area contributed by atoms with Crippen molar-refractivity contribution in [3.05, 3.63) is 58.2 Å². The summed E-state index contributed by atoms with van der Waals surface area (Å²) in [6.45, 7) is 3.53. The first-order valence-electron chi connectivity index (χ1n) is 10.8. The van der Waals surface area contributed by atoms with Gasteiger partial charge in [-0.25, -0.2) is 0 Å². The van der Waals surface area contributed by atoms with Crippen LogP contribution in [0.1, 0.15) is 16.8 Å². The van der Waals surface area contributed by atoms with Gasteiger partial charge in [0.2, 0.25) is 0 Å². The summed E-state index contributed by atoms with van der Waals surface area (Å²) < 4.78 is 25.2. The van der Waals surface area contributed by atoms with Crippen molar-refractivity contribution in [3.8, 4) is 22.8 Å². The van der Waals surface area contributed by atoms with Crippen LogP contribution >= 0.6 is 22.2 Å². The molecule has 4 N–H and O–H groups in total. The molecular formula is C23H26ClN3O5S. The maximum absolute atomic E-state index is 10.3. The van der Waals surface area contributed by atoms with E-state index in [1.807, 2.05) is 0 Å². The summed E-state index contributed by atoms with van der Waals surface area (Å²) in [4.78, 5) is 4.49. The molecule has 0 radical (unpaired) electrons. The van der Waals surface area contributed by atoms with Crippen LogP contribution in [-0.2, 0) is 19.5 Å². The fourth-order valence-corrected chi connectivity index (χ4v) is 5.80. The number of nitrogens with zero attached hydrogens (tertiary/aromatic N) is 3. The van der Waals surface area contributed by atoms with Gasteiger partial charge in [-0.3, -0.25) is 14.0 Å². The van der Waals surface area contributed by atoms with E-state index < -0.39 is 10.6 Å². The number of phenolic OH excluding ortho intramolecular Hbond substituents is 2. The zero-order valence-corrected chi connectivity index (χ0v) is 19.5. The van der Waals surface area contributed by atoms with Crippen LogP contribution in [-0.4, -0.2) is 60.5 Å². The third kappa shape index (κ3) is 4.64. The summed E-state index contributed by atoms with van der Waals surface area (Å²) in [5.74, 6) is 1.03. The topological polar surface area (TPSA) is 113 Å². The molecule has 10 heteroatoms. The number of aromatic hydroxyl groups is 2. The molecule has 0 atom stereocenters. The maximum atomic E-state index is 10.3. The van der Waals surface area contributed by atoms with Crippen LogP contribution in [0.3, 0.4) is 0 Å². The number of anilines is 1. The van der Waals surface area contributed by atoms with Crippen LogP contribution in [0.4, 0.5) is 5.69 Å². The van der Waals surface area contributed by atoms with Crippen LogP contribution in [0.5, 0.6) is 11.5 Å². The van der Waals surface area contributed by atoms with Gasteiger partial charge in [0, 0.05) is 56.5 Å². The Morgan fingerprint density at radius 1 is 1.00 bits per heavy atom. The zero-order valence-electron chi connectivity index (χ0n) is 17.9. The van der Waals surface area contributed by atoms with E-state index in [2.05, 4.69) is 39.2 Å². The summed E-state index contributed by atoms with van der Waals surface area (Å²) in [5, 5.41) is 24.3. The molecule has 2 aliphatic heterocycles. The summed E-state index contributed by atoms with van der Waals surface area (Å²) in [6.07, 6.45) is 0.740. The lowest BCUT2D eigenvalue weighted by Crippen LogP contribution is -2.38. The van der Waals surface area contributed by atoms with E-state index in [1.54, 1.807) is 0 Å². The van der Waals surface area contributed by atoms with E-state index >= 15 is 0 Å². The van der Waals surface area contributed by atoms with Gasteiger partial charge in [0.1, 0.15) is 11.5 Å². The Bertz CT molecular complexity index is 1160.